The van der Waals surface area contributed by atoms with E-state index in [4.69, 9.17) is 11.6 Å². The average Bonchev–Trinajstić information content (AvgIpc) is 3.32. The lowest BCUT2D eigenvalue weighted by Gasteiger charge is -2.33. The SMILES string of the molecule is Cc1ccc2c(c1)[C@@]1(SCCN1C(=O)c1ccccc1)C(=O)N2Cc1ccccc1Cl. The van der Waals surface area contributed by atoms with Gasteiger partial charge in [0, 0.05) is 28.4 Å². The zero-order valence-corrected chi connectivity index (χ0v) is 18.6. The third-order valence-electron chi connectivity index (χ3n) is 5.90. The van der Waals surface area contributed by atoms with Crippen molar-refractivity contribution in [2.45, 2.75) is 18.3 Å². The number of benzene rings is 3. The van der Waals surface area contributed by atoms with Crippen LogP contribution in [0, 0.1) is 6.92 Å². The van der Waals surface area contributed by atoms with Crippen molar-refractivity contribution in [1.29, 1.82) is 0 Å². The van der Waals surface area contributed by atoms with Crippen molar-refractivity contribution in [3.63, 3.8) is 0 Å². The highest BCUT2D eigenvalue weighted by Gasteiger charge is 2.59. The molecule has 1 saturated heterocycles. The average molecular weight is 449 g/mol. The van der Waals surface area contributed by atoms with Crippen LogP contribution >= 0.6 is 23.4 Å². The summed E-state index contributed by atoms with van der Waals surface area (Å²) in [6, 6.07) is 22.8. The second-order valence-electron chi connectivity index (χ2n) is 7.82. The molecule has 2 heterocycles. The molecule has 3 aromatic rings. The summed E-state index contributed by atoms with van der Waals surface area (Å²) >= 11 is 7.95. The Balaban J connectivity index is 1.62. The van der Waals surface area contributed by atoms with Crippen molar-refractivity contribution in [3.05, 3.63) is 100 Å². The minimum atomic E-state index is -1.05. The smallest absolute Gasteiger partial charge is 0.268 e. The molecule has 156 valence electrons. The van der Waals surface area contributed by atoms with Crippen molar-refractivity contribution < 1.29 is 9.59 Å². The number of fused-ring (bicyclic) bond motifs is 2. The standard InChI is InChI=1S/C25H21ClN2O2S/c1-17-11-12-22-20(15-17)25(24(30)27(22)16-19-9-5-6-10-21(19)26)28(13-14-31-25)23(29)18-7-3-2-4-8-18/h2-12,15H,13-14,16H2,1H3/t25-/m1/s1. The van der Waals surface area contributed by atoms with E-state index in [0.29, 0.717) is 29.4 Å². The third-order valence-corrected chi connectivity index (χ3v) is 7.69. The fourth-order valence-electron chi connectivity index (χ4n) is 4.42. The maximum Gasteiger partial charge on any atom is 0.268 e. The van der Waals surface area contributed by atoms with E-state index in [0.717, 1.165) is 22.4 Å². The van der Waals surface area contributed by atoms with Gasteiger partial charge in [0.05, 0.1) is 12.2 Å². The molecule has 0 unspecified atom stereocenters. The molecule has 4 nitrogen and oxygen atoms in total. The van der Waals surface area contributed by atoms with E-state index < -0.39 is 4.87 Å². The number of amides is 2. The number of carbonyl (C=O) groups is 2. The Hall–Kier alpha value is -2.76. The first kappa shape index (κ1) is 20.2. The Morgan fingerprint density at radius 1 is 1.06 bits per heavy atom. The number of nitrogens with zero attached hydrogens (tertiary/aromatic N) is 2. The van der Waals surface area contributed by atoms with Crippen molar-refractivity contribution >= 4 is 40.9 Å². The van der Waals surface area contributed by atoms with E-state index in [1.54, 1.807) is 33.7 Å². The van der Waals surface area contributed by atoms with Crippen LogP contribution < -0.4 is 4.90 Å². The first-order valence-corrected chi connectivity index (χ1v) is 11.6. The van der Waals surface area contributed by atoms with E-state index in [-0.39, 0.29) is 11.8 Å². The second kappa shape index (κ2) is 7.74. The Kier molecular flexibility index (Phi) is 5.03. The molecular weight excluding hydrogens is 428 g/mol. The third kappa shape index (κ3) is 3.15. The quantitative estimate of drug-likeness (QED) is 0.550. The molecule has 6 heteroatoms. The summed E-state index contributed by atoms with van der Waals surface area (Å²) in [6.07, 6.45) is 0. The number of aryl methyl sites for hydroxylation is 1. The number of anilines is 1. The maximum absolute atomic E-state index is 14.0. The van der Waals surface area contributed by atoms with E-state index in [2.05, 4.69) is 0 Å². The zero-order chi connectivity index (χ0) is 21.6. The molecule has 0 aliphatic carbocycles. The maximum atomic E-state index is 14.0. The molecule has 2 aliphatic heterocycles. The van der Waals surface area contributed by atoms with E-state index in [1.807, 2.05) is 67.6 Å². The van der Waals surface area contributed by atoms with Crippen LogP contribution in [0.25, 0.3) is 0 Å². The summed E-state index contributed by atoms with van der Waals surface area (Å²) in [5, 5.41) is 0.626. The predicted molar refractivity (Wildman–Crippen MR) is 125 cm³/mol. The molecule has 0 bridgehead atoms. The lowest BCUT2D eigenvalue weighted by Crippen LogP contribution is -2.50. The molecule has 2 amide bonds. The fraction of sp³-hybridized carbons (Fsp3) is 0.200. The second-order valence-corrected chi connectivity index (χ2v) is 9.51. The van der Waals surface area contributed by atoms with Crippen molar-refractivity contribution in [3.8, 4) is 0 Å². The Morgan fingerprint density at radius 2 is 1.81 bits per heavy atom. The topological polar surface area (TPSA) is 40.6 Å². The van der Waals surface area contributed by atoms with Gasteiger partial charge in [0.15, 0.2) is 4.87 Å². The monoisotopic (exact) mass is 448 g/mol. The molecule has 1 spiro atoms. The van der Waals surface area contributed by atoms with Gasteiger partial charge in [-0.1, -0.05) is 65.7 Å². The van der Waals surface area contributed by atoms with Crippen LogP contribution in [0.3, 0.4) is 0 Å². The lowest BCUT2D eigenvalue weighted by atomic mass is 10.0. The van der Waals surface area contributed by atoms with Gasteiger partial charge >= 0.3 is 0 Å². The summed E-state index contributed by atoms with van der Waals surface area (Å²) < 4.78 is 0. The Bertz CT molecular complexity index is 1180. The van der Waals surface area contributed by atoms with Gasteiger partial charge in [0.2, 0.25) is 0 Å². The normalized spacial score (nSPS) is 19.9. The van der Waals surface area contributed by atoms with Crippen LogP contribution in [0.1, 0.15) is 27.0 Å². The minimum absolute atomic E-state index is 0.0835. The van der Waals surface area contributed by atoms with Crippen molar-refractivity contribution in [2.24, 2.45) is 0 Å². The van der Waals surface area contributed by atoms with Crippen LogP contribution in [-0.4, -0.2) is 29.0 Å². The highest BCUT2D eigenvalue weighted by molar-refractivity contribution is 8.01. The van der Waals surface area contributed by atoms with E-state index >= 15 is 0 Å². The van der Waals surface area contributed by atoms with Gasteiger partial charge in [0.25, 0.3) is 11.8 Å². The van der Waals surface area contributed by atoms with E-state index in [1.165, 1.54) is 0 Å². The number of thioether (sulfide) groups is 1. The number of carbonyl (C=O) groups excluding carboxylic acids is 2. The highest BCUT2D eigenvalue weighted by atomic mass is 35.5. The molecule has 31 heavy (non-hydrogen) atoms. The van der Waals surface area contributed by atoms with Crippen LogP contribution in [0.5, 0.6) is 0 Å². The first-order valence-electron chi connectivity index (χ1n) is 10.2. The molecule has 0 N–H and O–H groups in total. The molecule has 1 atom stereocenters. The predicted octanol–water partition coefficient (Wildman–Crippen LogP) is 5.24. The fourth-order valence-corrected chi connectivity index (χ4v) is 6.07. The van der Waals surface area contributed by atoms with Crippen LogP contribution in [0.15, 0.2) is 72.8 Å². The first-order chi connectivity index (χ1) is 15.0. The number of hydrogen-bond acceptors (Lipinski definition) is 3. The van der Waals surface area contributed by atoms with E-state index in [9.17, 15) is 9.59 Å². The number of hydrogen-bond donors (Lipinski definition) is 0. The van der Waals surface area contributed by atoms with Gasteiger partial charge in [-0.25, -0.2) is 0 Å². The molecule has 2 aliphatic rings. The summed E-state index contributed by atoms with van der Waals surface area (Å²) in [7, 11) is 0. The Morgan fingerprint density at radius 3 is 2.58 bits per heavy atom. The summed E-state index contributed by atoms with van der Waals surface area (Å²) in [5.41, 5.74) is 4.26. The van der Waals surface area contributed by atoms with Crippen LogP contribution in [0.2, 0.25) is 5.02 Å². The molecule has 1 fully saturated rings. The van der Waals surface area contributed by atoms with Gasteiger partial charge in [-0.3, -0.25) is 9.59 Å². The van der Waals surface area contributed by atoms with Gasteiger partial charge in [-0.2, -0.15) is 0 Å². The van der Waals surface area contributed by atoms with Gasteiger partial charge in [0.1, 0.15) is 0 Å². The van der Waals surface area contributed by atoms with Crippen LogP contribution in [0.4, 0.5) is 5.69 Å². The van der Waals surface area contributed by atoms with Gasteiger partial charge < -0.3 is 9.80 Å². The molecule has 5 rings (SSSR count). The summed E-state index contributed by atoms with van der Waals surface area (Å²) in [6.45, 7) is 2.90. The summed E-state index contributed by atoms with van der Waals surface area (Å²) in [5.74, 6) is 0.503. The number of rotatable bonds is 3. The molecular formula is C25H21ClN2O2S. The molecule has 0 radical (unpaired) electrons. The summed E-state index contributed by atoms with van der Waals surface area (Å²) in [4.78, 5) is 30.0. The van der Waals surface area contributed by atoms with Gasteiger partial charge in [-0.15, -0.1) is 11.8 Å². The minimum Gasteiger partial charge on any atom is -0.311 e. The number of halogens is 1. The van der Waals surface area contributed by atoms with Crippen molar-refractivity contribution in [2.75, 3.05) is 17.2 Å². The van der Waals surface area contributed by atoms with Crippen molar-refractivity contribution in [1.82, 2.24) is 4.90 Å². The Labute approximate surface area is 190 Å². The van der Waals surface area contributed by atoms with Gasteiger partial charge in [-0.05, 0) is 36.8 Å². The highest BCUT2D eigenvalue weighted by Crippen LogP contribution is 2.55. The molecule has 0 aromatic heterocycles. The van der Waals surface area contributed by atoms with Crippen LogP contribution in [-0.2, 0) is 16.2 Å². The zero-order valence-electron chi connectivity index (χ0n) is 17.0. The lowest BCUT2D eigenvalue weighted by molar-refractivity contribution is -0.123. The molecule has 3 aromatic carbocycles. The largest absolute Gasteiger partial charge is 0.311 e. The molecule has 0 saturated carbocycles.